The van der Waals surface area contributed by atoms with Gasteiger partial charge in [-0.2, -0.15) is 0 Å². The van der Waals surface area contributed by atoms with Gasteiger partial charge in [0.05, 0.1) is 16.1 Å². The molecule has 0 spiro atoms. The summed E-state index contributed by atoms with van der Waals surface area (Å²) in [4.78, 5) is 0. The monoisotopic (exact) mass is 293 g/mol. The van der Waals surface area contributed by atoms with Gasteiger partial charge in [0.25, 0.3) is 0 Å². The average molecular weight is 295 g/mol. The molecule has 1 aromatic carbocycles. The number of benzene rings is 1. The number of fused-ring (bicyclic) bond motifs is 1. The van der Waals surface area contributed by atoms with Gasteiger partial charge in [0.1, 0.15) is 11.6 Å². The van der Waals surface area contributed by atoms with Gasteiger partial charge in [-0.15, -0.1) is 0 Å². The first-order chi connectivity index (χ1) is 7.11. The first-order valence-corrected chi connectivity index (χ1v) is 5.84. The van der Waals surface area contributed by atoms with Crippen molar-refractivity contribution in [2.45, 2.75) is 18.9 Å². The lowest BCUT2D eigenvalue weighted by Gasteiger charge is -2.15. The molecule has 2 rings (SSSR count). The van der Waals surface area contributed by atoms with Crippen molar-refractivity contribution in [3.8, 4) is 5.75 Å². The van der Waals surface area contributed by atoms with Crippen molar-refractivity contribution in [3.63, 3.8) is 0 Å². The van der Waals surface area contributed by atoms with Crippen molar-refractivity contribution in [2.24, 2.45) is 5.73 Å². The number of rotatable bonds is 0. The summed E-state index contributed by atoms with van der Waals surface area (Å²) < 4.78 is 19.9. The molecule has 0 unspecified atom stereocenters. The van der Waals surface area contributed by atoms with Gasteiger partial charge >= 0.3 is 0 Å². The van der Waals surface area contributed by atoms with Gasteiger partial charge in [0.2, 0.25) is 0 Å². The fourth-order valence-electron chi connectivity index (χ4n) is 1.70. The molecule has 0 aromatic heterocycles. The molecule has 0 aliphatic carbocycles. The van der Waals surface area contributed by atoms with E-state index in [0.717, 1.165) is 6.42 Å². The molecule has 0 amide bonds. The molecule has 0 bridgehead atoms. The average Bonchev–Trinajstić information content (AvgIpc) is 2.37. The van der Waals surface area contributed by atoms with E-state index in [1.807, 2.05) is 0 Å². The molecule has 1 aromatic rings. The van der Waals surface area contributed by atoms with Gasteiger partial charge < -0.3 is 10.5 Å². The van der Waals surface area contributed by atoms with Gasteiger partial charge in [0, 0.05) is 11.6 Å². The van der Waals surface area contributed by atoms with Gasteiger partial charge in [0.15, 0.2) is 0 Å². The maximum absolute atomic E-state index is 13.8. The normalized spacial score (nSPS) is 20.4. The molecule has 5 heteroatoms. The van der Waals surface area contributed by atoms with Crippen LogP contribution in [0.2, 0.25) is 5.02 Å². The van der Waals surface area contributed by atoms with Crippen LogP contribution in [-0.2, 0) is 0 Å². The minimum absolute atomic E-state index is 0.0709. The maximum atomic E-state index is 13.8. The van der Waals surface area contributed by atoms with Crippen LogP contribution in [0.3, 0.4) is 0 Å². The van der Waals surface area contributed by atoms with E-state index < -0.39 is 5.82 Å². The van der Waals surface area contributed by atoms with Crippen molar-refractivity contribution in [2.75, 3.05) is 6.61 Å². The Labute approximate surface area is 101 Å². The third-order valence-electron chi connectivity index (χ3n) is 2.44. The molecule has 0 fully saturated rings. The lowest BCUT2D eigenvalue weighted by atomic mass is 10.0. The molecular weight excluding hydrogens is 284 g/mol. The Morgan fingerprint density at radius 3 is 3.07 bits per heavy atom. The smallest absolute Gasteiger partial charge is 0.150 e. The van der Waals surface area contributed by atoms with E-state index in [9.17, 15) is 4.39 Å². The maximum Gasteiger partial charge on any atom is 0.150 e. The Morgan fingerprint density at radius 1 is 1.60 bits per heavy atom. The van der Waals surface area contributed by atoms with E-state index in [4.69, 9.17) is 22.1 Å². The second kappa shape index (κ2) is 4.28. The number of hydrogen-bond donors (Lipinski definition) is 1. The van der Waals surface area contributed by atoms with Crippen molar-refractivity contribution in [1.82, 2.24) is 0 Å². The van der Waals surface area contributed by atoms with Gasteiger partial charge in [-0.25, -0.2) is 4.39 Å². The van der Waals surface area contributed by atoms with Crippen molar-refractivity contribution < 1.29 is 9.13 Å². The van der Waals surface area contributed by atoms with Crippen LogP contribution < -0.4 is 10.5 Å². The highest BCUT2D eigenvalue weighted by Crippen LogP contribution is 2.40. The summed E-state index contributed by atoms with van der Waals surface area (Å²) >= 11 is 9.05. The fourth-order valence-corrected chi connectivity index (χ4v) is 2.60. The van der Waals surface area contributed by atoms with Crippen molar-refractivity contribution in [1.29, 1.82) is 0 Å². The predicted molar refractivity (Wildman–Crippen MR) is 60.8 cm³/mol. The summed E-state index contributed by atoms with van der Waals surface area (Å²) in [6.07, 6.45) is 1.52. The van der Waals surface area contributed by atoms with Crippen molar-refractivity contribution >= 4 is 27.5 Å². The van der Waals surface area contributed by atoms with E-state index in [0.29, 0.717) is 28.8 Å². The second-order valence-corrected chi connectivity index (χ2v) is 4.76. The molecule has 1 atom stereocenters. The first-order valence-electron chi connectivity index (χ1n) is 4.67. The van der Waals surface area contributed by atoms with E-state index in [-0.39, 0.29) is 11.1 Å². The topological polar surface area (TPSA) is 35.2 Å². The molecule has 15 heavy (non-hydrogen) atoms. The lowest BCUT2D eigenvalue weighted by Crippen LogP contribution is -2.11. The highest BCUT2D eigenvalue weighted by Gasteiger charge is 2.24. The molecule has 1 heterocycles. The van der Waals surface area contributed by atoms with Gasteiger partial charge in [-0.3, -0.25) is 0 Å². The van der Waals surface area contributed by atoms with Crippen LogP contribution in [0.1, 0.15) is 24.4 Å². The zero-order valence-electron chi connectivity index (χ0n) is 7.90. The zero-order chi connectivity index (χ0) is 11.0. The Bertz CT molecular complexity index is 399. The van der Waals surface area contributed by atoms with Gasteiger partial charge in [-0.05, 0) is 34.8 Å². The molecule has 1 aliphatic heterocycles. The zero-order valence-corrected chi connectivity index (χ0v) is 10.2. The molecule has 0 saturated carbocycles. The lowest BCUT2D eigenvalue weighted by molar-refractivity contribution is 0.313. The van der Waals surface area contributed by atoms with Crippen LogP contribution in [0.25, 0.3) is 0 Å². The molecular formula is C10H10BrClFNO. The highest BCUT2D eigenvalue weighted by atomic mass is 79.9. The fraction of sp³-hybridized carbons (Fsp3) is 0.400. The third kappa shape index (κ3) is 1.98. The predicted octanol–water partition coefficient (Wildman–Crippen LogP) is 3.41. The molecule has 0 saturated heterocycles. The summed E-state index contributed by atoms with van der Waals surface area (Å²) in [7, 11) is 0. The standard InChI is InChI=1S/C10H10BrClFNO/c11-5-4-6(12)9(13)8-7(14)2-1-3-15-10(5)8/h4,7H,1-3,14H2/t7-/m1/s1. The number of ether oxygens (including phenoxy) is 1. The largest absolute Gasteiger partial charge is 0.492 e. The Balaban J connectivity index is 2.63. The van der Waals surface area contributed by atoms with E-state index in [2.05, 4.69) is 15.9 Å². The molecule has 0 radical (unpaired) electrons. The molecule has 82 valence electrons. The van der Waals surface area contributed by atoms with E-state index in [1.165, 1.54) is 6.07 Å². The van der Waals surface area contributed by atoms with Crippen molar-refractivity contribution in [3.05, 3.63) is 26.9 Å². The number of halogens is 3. The Kier molecular flexibility index (Phi) is 3.19. The van der Waals surface area contributed by atoms with E-state index in [1.54, 1.807) is 0 Å². The molecule has 2 N–H and O–H groups in total. The van der Waals surface area contributed by atoms with Crippen LogP contribution in [0, 0.1) is 5.82 Å². The summed E-state index contributed by atoms with van der Waals surface area (Å²) in [5.74, 6) is 0.0196. The quantitative estimate of drug-likeness (QED) is 0.744. The summed E-state index contributed by atoms with van der Waals surface area (Å²) in [6.45, 7) is 0.556. The van der Waals surface area contributed by atoms with Crippen LogP contribution >= 0.6 is 27.5 Å². The first kappa shape index (κ1) is 11.2. The minimum Gasteiger partial charge on any atom is -0.492 e. The molecule has 1 aliphatic rings. The molecule has 2 nitrogen and oxygen atoms in total. The third-order valence-corrected chi connectivity index (χ3v) is 3.30. The summed E-state index contributed by atoms with van der Waals surface area (Å²) in [6, 6.07) is 1.14. The van der Waals surface area contributed by atoms with Crippen LogP contribution in [0.5, 0.6) is 5.75 Å². The number of hydrogen-bond acceptors (Lipinski definition) is 2. The van der Waals surface area contributed by atoms with Crippen LogP contribution in [0.4, 0.5) is 4.39 Å². The van der Waals surface area contributed by atoms with Crippen LogP contribution in [-0.4, -0.2) is 6.61 Å². The van der Waals surface area contributed by atoms with Crippen LogP contribution in [0.15, 0.2) is 10.5 Å². The Hall–Kier alpha value is -0.320. The second-order valence-electron chi connectivity index (χ2n) is 3.49. The SMILES string of the molecule is N[C@@H]1CCCOc2c(Br)cc(Cl)c(F)c21. The summed E-state index contributed by atoms with van der Waals surface area (Å²) in [5, 5.41) is 0.0709. The minimum atomic E-state index is -0.468. The van der Waals surface area contributed by atoms with E-state index >= 15 is 0 Å². The summed E-state index contributed by atoms with van der Waals surface area (Å²) in [5.41, 5.74) is 6.27. The highest BCUT2D eigenvalue weighted by molar-refractivity contribution is 9.10. The number of nitrogens with two attached hydrogens (primary N) is 1. The Morgan fingerprint density at radius 2 is 2.33 bits per heavy atom. The van der Waals surface area contributed by atoms with Gasteiger partial charge in [-0.1, -0.05) is 11.6 Å².